The molecule has 0 aromatic heterocycles. The lowest BCUT2D eigenvalue weighted by Crippen LogP contribution is -2.01. The summed E-state index contributed by atoms with van der Waals surface area (Å²) in [6.07, 6.45) is 4.41. The highest BCUT2D eigenvalue weighted by Crippen LogP contribution is 2.18. The molecule has 0 heterocycles. The predicted molar refractivity (Wildman–Crippen MR) is 38.8 cm³/mol. The second-order valence-electron chi connectivity index (χ2n) is 3.30. The van der Waals surface area contributed by atoms with Crippen molar-refractivity contribution in [1.82, 2.24) is 0 Å². The second kappa shape index (κ2) is 3.29. The van der Waals surface area contributed by atoms with Gasteiger partial charge in [0.25, 0.3) is 0 Å². The molecule has 0 radical (unpaired) electrons. The molecule has 1 nitrogen and oxygen atoms in total. The van der Waals surface area contributed by atoms with E-state index in [1.807, 2.05) is 12.1 Å². The molecular weight excluding hydrogens is 110 g/mol. The summed E-state index contributed by atoms with van der Waals surface area (Å²) in [5.74, 6) is 0. The lowest BCUT2D eigenvalue weighted by Gasteiger charge is -2.13. The molecule has 0 fully saturated rings. The molecule has 9 heavy (non-hydrogen) atoms. The third kappa shape index (κ3) is 7.23. The molecule has 0 aromatic rings. The molecule has 0 spiro atoms. The van der Waals surface area contributed by atoms with Gasteiger partial charge in [0.2, 0.25) is 0 Å². The van der Waals surface area contributed by atoms with Crippen molar-refractivity contribution < 1.29 is 0 Å². The van der Waals surface area contributed by atoms with Gasteiger partial charge in [-0.25, -0.2) is 0 Å². The minimum atomic E-state index is 0.313. The molecule has 1 heteroatoms. The molecule has 0 N–H and O–H groups in total. The van der Waals surface area contributed by atoms with Gasteiger partial charge >= 0.3 is 0 Å². The average molecular weight is 123 g/mol. The van der Waals surface area contributed by atoms with Crippen molar-refractivity contribution in [3.63, 3.8) is 0 Å². The van der Waals surface area contributed by atoms with Gasteiger partial charge in [0.15, 0.2) is 0 Å². The van der Waals surface area contributed by atoms with Gasteiger partial charge in [0.1, 0.15) is 0 Å². The second-order valence-corrected chi connectivity index (χ2v) is 3.30. The molecule has 0 bridgehead atoms. The van der Waals surface area contributed by atoms with E-state index in [0.29, 0.717) is 5.41 Å². The van der Waals surface area contributed by atoms with Crippen molar-refractivity contribution >= 4 is 0 Å². The molecule has 0 aliphatic rings. The van der Waals surface area contributed by atoms with Crippen LogP contribution >= 0.6 is 0 Å². The highest BCUT2D eigenvalue weighted by atomic mass is 14.2. The molecule has 0 aliphatic heterocycles. The smallest absolute Gasteiger partial charge is 0.0908 e. The van der Waals surface area contributed by atoms with Gasteiger partial charge in [-0.1, -0.05) is 26.8 Å². The Kier molecular flexibility index (Phi) is 3.01. The maximum absolute atomic E-state index is 8.13. The number of allylic oxidation sites excluding steroid dienone is 2. The van der Waals surface area contributed by atoms with E-state index in [9.17, 15) is 0 Å². The molecule has 50 valence electrons. The molecule has 0 rings (SSSR count). The van der Waals surface area contributed by atoms with Crippen LogP contribution in [0.3, 0.4) is 0 Å². The maximum Gasteiger partial charge on any atom is 0.0908 e. The quantitative estimate of drug-likeness (QED) is 0.491. The van der Waals surface area contributed by atoms with Crippen LogP contribution in [0.5, 0.6) is 0 Å². The maximum atomic E-state index is 8.13. The summed E-state index contributed by atoms with van der Waals surface area (Å²) in [5.41, 5.74) is 0.313. The van der Waals surface area contributed by atoms with Gasteiger partial charge in [-0.2, -0.15) is 5.26 Å². The minimum absolute atomic E-state index is 0.313. The minimum Gasteiger partial charge on any atom is -0.193 e. The first kappa shape index (κ1) is 8.23. The lowest BCUT2D eigenvalue weighted by molar-refractivity contribution is 0.420. The average Bonchev–Trinajstić information content (AvgIpc) is 1.63. The van der Waals surface area contributed by atoms with Crippen LogP contribution in [-0.4, -0.2) is 0 Å². The van der Waals surface area contributed by atoms with E-state index < -0.39 is 0 Å². The van der Waals surface area contributed by atoms with Crippen molar-refractivity contribution in [3.8, 4) is 6.07 Å². The summed E-state index contributed by atoms with van der Waals surface area (Å²) in [6, 6.07) is 1.96. The van der Waals surface area contributed by atoms with Crippen LogP contribution in [0.4, 0.5) is 0 Å². The first-order valence-electron chi connectivity index (χ1n) is 3.11. The number of nitriles is 1. The SMILES string of the molecule is CC(C)(C)C/C=C/C#N. The summed E-state index contributed by atoms with van der Waals surface area (Å²) in [6.45, 7) is 6.44. The normalized spacial score (nSPS) is 11.8. The monoisotopic (exact) mass is 123 g/mol. The third-order valence-electron chi connectivity index (χ3n) is 0.923. The van der Waals surface area contributed by atoms with E-state index in [0.717, 1.165) is 6.42 Å². The summed E-state index contributed by atoms with van der Waals surface area (Å²) >= 11 is 0. The zero-order valence-corrected chi connectivity index (χ0v) is 6.31. The molecule has 0 saturated heterocycles. The number of hydrogen-bond donors (Lipinski definition) is 0. The Bertz CT molecular complexity index is 132. The van der Waals surface area contributed by atoms with Gasteiger partial charge in [0.05, 0.1) is 6.07 Å². The van der Waals surface area contributed by atoms with E-state index in [1.165, 1.54) is 6.08 Å². The van der Waals surface area contributed by atoms with Crippen LogP contribution in [-0.2, 0) is 0 Å². The Hall–Kier alpha value is -0.770. The highest BCUT2D eigenvalue weighted by Gasteiger charge is 2.05. The predicted octanol–water partition coefficient (Wildman–Crippen LogP) is 2.50. The van der Waals surface area contributed by atoms with Gasteiger partial charge in [-0.15, -0.1) is 0 Å². The van der Waals surface area contributed by atoms with Gasteiger partial charge in [-0.3, -0.25) is 0 Å². The topological polar surface area (TPSA) is 23.8 Å². The zero-order chi connectivity index (χ0) is 7.33. The van der Waals surface area contributed by atoms with E-state index in [4.69, 9.17) is 5.26 Å². The molecular formula is C8H13N. The number of rotatable bonds is 1. The van der Waals surface area contributed by atoms with E-state index >= 15 is 0 Å². The van der Waals surface area contributed by atoms with E-state index in [2.05, 4.69) is 20.8 Å². The van der Waals surface area contributed by atoms with E-state index in [1.54, 1.807) is 0 Å². The summed E-state index contributed by atoms with van der Waals surface area (Å²) in [5, 5.41) is 8.13. The number of hydrogen-bond acceptors (Lipinski definition) is 1. The van der Waals surface area contributed by atoms with Crippen LogP contribution in [0, 0.1) is 16.7 Å². The van der Waals surface area contributed by atoms with Crippen molar-refractivity contribution in [3.05, 3.63) is 12.2 Å². The molecule has 0 aromatic carbocycles. The Morgan fingerprint density at radius 1 is 1.44 bits per heavy atom. The highest BCUT2D eigenvalue weighted by molar-refractivity contribution is 5.02. The standard InChI is InChI=1S/C8H13N/c1-8(2,3)6-4-5-7-9/h4-5H,6H2,1-3H3/b5-4+. The van der Waals surface area contributed by atoms with Gasteiger partial charge < -0.3 is 0 Å². The third-order valence-corrected chi connectivity index (χ3v) is 0.923. The van der Waals surface area contributed by atoms with Crippen molar-refractivity contribution in [2.75, 3.05) is 0 Å². The first-order valence-corrected chi connectivity index (χ1v) is 3.11. The fraction of sp³-hybridized carbons (Fsp3) is 0.625. The fourth-order valence-corrected chi connectivity index (χ4v) is 0.465. The van der Waals surface area contributed by atoms with Crippen molar-refractivity contribution in [2.45, 2.75) is 27.2 Å². The Labute approximate surface area is 57.0 Å². The van der Waals surface area contributed by atoms with Crippen LogP contribution in [0.2, 0.25) is 0 Å². The van der Waals surface area contributed by atoms with Crippen molar-refractivity contribution in [2.24, 2.45) is 5.41 Å². The molecule has 0 atom stereocenters. The fourth-order valence-electron chi connectivity index (χ4n) is 0.465. The summed E-state index contributed by atoms with van der Waals surface area (Å²) in [7, 11) is 0. The van der Waals surface area contributed by atoms with Gasteiger partial charge in [0, 0.05) is 6.08 Å². The largest absolute Gasteiger partial charge is 0.193 e. The molecule has 0 amide bonds. The first-order chi connectivity index (χ1) is 4.06. The summed E-state index contributed by atoms with van der Waals surface area (Å²) < 4.78 is 0. The Morgan fingerprint density at radius 2 is 2.00 bits per heavy atom. The Morgan fingerprint density at radius 3 is 2.33 bits per heavy atom. The molecule has 0 aliphatic carbocycles. The van der Waals surface area contributed by atoms with Crippen LogP contribution < -0.4 is 0 Å². The lowest BCUT2D eigenvalue weighted by atomic mass is 9.92. The molecule has 0 unspecified atom stereocenters. The number of nitrogens with zero attached hydrogens (tertiary/aromatic N) is 1. The van der Waals surface area contributed by atoms with Crippen LogP contribution in [0.25, 0.3) is 0 Å². The van der Waals surface area contributed by atoms with Crippen LogP contribution in [0.15, 0.2) is 12.2 Å². The molecule has 0 saturated carbocycles. The van der Waals surface area contributed by atoms with Crippen LogP contribution in [0.1, 0.15) is 27.2 Å². The van der Waals surface area contributed by atoms with E-state index in [-0.39, 0.29) is 0 Å². The Balaban J connectivity index is 3.54. The zero-order valence-electron chi connectivity index (χ0n) is 6.31. The summed E-state index contributed by atoms with van der Waals surface area (Å²) in [4.78, 5) is 0. The van der Waals surface area contributed by atoms with Crippen molar-refractivity contribution in [1.29, 1.82) is 5.26 Å². The van der Waals surface area contributed by atoms with Gasteiger partial charge in [-0.05, 0) is 11.8 Å².